The molecule has 1 aromatic rings. The summed E-state index contributed by atoms with van der Waals surface area (Å²) in [5.41, 5.74) is 3.01. The van der Waals surface area contributed by atoms with Crippen molar-refractivity contribution in [2.75, 3.05) is 0 Å². The van der Waals surface area contributed by atoms with Crippen molar-refractivity contribution in [2.45, 2.75) is 286 Å². The van der Waals surface area contributed by atoms with Crippen LogP contribution in [0, 0.1) is 0 Å². The predicted molar refractivity (Wildman–Crippen MR) is 238 cm³/mol. The highest BCUT2D eigenvalue weighted by atomic mass is 16.9. The molecule has 0 saturated carbocycles. The summed E-state index contributed by atoms with van der Waals surface area (Å²) in [7, 11) is 0. The lowest BCUT2D eigenvalue weighted by atomic mass is 9.99. The summed E-state index contributed by atoms with van der Waals surface area (Å²) in [6.45, 7) is 25.7. The van der Waals surface area contributed by atoms with E-state index in [0.29, 0.717) is 0 Å². The number of ether oxygens (including phenoxy) is 6. The monoisotopic (exact) mass is 791 g/mol. The van der Waals surface area contributed by atoms with Gasteiger partial charge in [-0.3, -0.25) is 0 Å². The van der Waals surface area contributed by atoms with Gasteiger partial charge in [-0.1, -0.05) is 130 Å². The fourth-order valence-electron chi connectivity index (χ4n) is 6.91. The van der Waals surface area contributed by atoms with E-state index >= 15 is 0 Å². The maximum atomic E-state index is 6.48. The molecular weight excluding hydrogens is 697 g/mol. The van der Waals surface area contributed by atoms with E-state index in [1.54, 1.807) is 0 Å². The van der Waals surface area contributed by atoms with Gasteiger partial charge in [-0.25, -0.2) is 0 Å². The molecule has 0 fully saturated rings. The Kier molecular flexibility index (Phi) is 30.1. The molecule has 0 heterocycles. The number of hydrogen-bond acceptors (Lipinski definition) is 6. The van der Waals surface area contributed by atoms with Gasteiger partial charge in [0.15, 0.2) is 0 Å². The first-order valence-electron chi connectivity index (χ1n) is 24.0. The Hall–Kier alpha value is -1.02. The Bertz CT molecular complexity index is 906. The fraction of sp³-hybridized carbons (Fsp3) is 0.880. The van der Waals surface area contributed by atoms with Crippen LogP contribution in [-0.4, -0.2) is 48.6 Å². The summed E-state index contributed by atoms with van der Waals surface area (Å²) in [6.07, 6.45) is 27.7. The van der Waals surface area contributed by atoms with E-state index in [9.17, 15) is 0 Å². The van der Waals surface area contributed by atoms with E-state index in [-0.39, 0.29) is 36.6 Å². The van der Waals surface area contributed by atoms with Crippen molar-refractivity contribution in [3.63, 3.8) is 0 Å². The van der Waals surface area contributed by atoms with Gasteiger partial charge in [-0.05, 0) is 130 Å². The molecule has 6 nitrogen and oxygen atoms in total. The van der Waals surface area contributed by atoms with E-state index in [2.05, 4.69) is 107 Å². The molecular formula is C50H94O6. The van der Waals surface area contributed by atoms with Gasteiger partial charge < -0.3 is 28.4 Å². The van der Waals surface area contributed by atoms with Crippen LogP contribution in [0.4, 0.5) is 0 Å². The summed E-state index contributed by atoms with van der Waals surface area (Å²) in [6, 6.07) is 9.38. The van der Waals surface area contributed by atoms with E-state index in [1.165, 1.54) is 101 Å². The molecule has 6 heteroatoms. The molecule has 0 bridgehead atoms. The Morgan fingerprint density at radius 3 is 0.839 bits per heavy atom. The minimum absolute atomic E-state index is 0.105. The molecule has 0 aromatic heterocycles. The zero-order chi connectivity index (χ0) is 41.7. The van der Waals surface area contributed by atoms with Gasteiger partial charge >= 0.3 is 0 Å². The highest BCUT2D eigenvalue weighted by Crippen LogP contribution is 2.32. The molecule has 1 aromatic carbocycles. The molecule has 1 rings (SSSR count). The summed E-state index contributed by atoms with van der Waals surface area (Å²) >= 11 is 0. The van der Waals surface area contributed by atoms with Crippen LogP contribution in [0.3, 0.4) is 0 Å². The van der Waals surface area contributed by atoms with Gasteiger partial charge in [0.05, 0.1) is 36.6 Å². The lowest BCUT2D eigenvalue weighted by Gasteiger charge is -2.39. The van der Waals surface area contributed by atoms with Crippen molar-refractivity contribution in [1.82, 2.24) is 0 Å². The number of rotatable bonds is 38. The average molecular weight is 791 g/mol. The second-order valence-corrected chi connectivity index (χ2v) is 17.2. The minimum Gasteiger partial charge on any atom is -0.324 e. The molecule has 0 amide bonds. The second-order valence-electron chi connectivity index (χ2n) is 17.2. The summed E-state index contributed by atoms with van der Waals surface area (Å²) in [4.78, 5) is 0. The lowest BCUT2D eigenvalue weighted by Crippen LogP contribution is -2.46. The first-order chi connectivity index (χ1) is 26.9. The number of hydrogen-bond donors (Lipinski definition) is 0. The van der Waals surface area contributed by atoms with E-state index in [1.807, 2.05) is 0 Å². The zero-order valence-corrected chi connectivity index (χ0v) is 39.2. The molecule has 0 aliphatic rings. The molecule has 0 radical (unpaired) electrons. The van der Waals surface area contributed by atoms with Crippen LogP contribution in [0.15, 0.2) is 24.3 Å². The van der Waals surface area contributed by atoms with Crippen molar-refractivity contribution in [3.05, 3.63) is 35.4 Å². The number of aryl methyl sites for hydroxylation is 2. The Morgan fingerprint density at radius 2 is 0.589 bits per heavy atom. The van der Waals surface area contributed by atoms with Crippen LogP contribution >= 0.6 is 0 Å². The van der Waals surface area contributed by atoms with Crippen LogP contribution in [0.25, 0.3) is 0 Å². The quantitative estimate of drug-likeness (QED) is 0.0491. The van der Waals surface area contributed by atoms with Crippen LogP contribution in [0.2, 0.25) is 0 Å². The highest BCUT2D eigenvalue weighted by Gasteiger charge is 2.39. The molecule has 6 unspecified atom stereocenters. The SMILES string of the molecule is CCC(C)OC(CCCCCCCCCc1cccc(CCCCCCCCCC(OC(C)CC)(OC(C)CC)OC(C)CC)c1)(OC(C)CC)OC(C)CC. The molecule has 0 saturated heterocycles. The maximum absolute atomic E-state index is 6.48. The Balaban J connectivity index is 2.35. The van der Waals surface area contributed by atoms with Crippen molar-refractivity contribution in [1.29, 1.82) is 0 Å². The summed E-state index contributed by atoms with van der Waals surface area (Å²) in [5.74, 6) is -1.86. The van der Waals surface area contributed by atoms with Crippen LogP contribution in [0.1, 0.15) is 235 Å². The normalized spacial score (nSPS) is 17.5. The van der Waals surface area contributed by atoms with Crippen LogP contribution in [-0.2, 0) is 41.3 Å². The van der Waals surface area contributed by atoms with Gasteiger partial charge in [-0.15, -0.1) is 0 Å². The largest absolute Gasteiger partial charge is 0.324 e. The summed E-state index contributed by atoms with van der Waals surface area (Å²) < 4.78 is 38.9. The van der Waals surface area contributed by atoms with Crippen molar-refractivity contribution < 1.29 is 28.4 Å². The van der Waals surface area contributed by atoms with Gasteiger partial charge in [0.2, 0.25) is 0 Å². The third-order valence-corrected chi connectivity index (χ3v) is 11.6. The Morgan fingerprint density at radius 1 is 0.357 bits per heavy atom. The van der Waals surface area contributed by atoms with Gasteiger partial charge in [-0.2, -0.15) is 0 Å². The van der Waals surface area contributed by atoms with Gasteiger partial charge in [0.25, 0.3) is 11.9 Å². The molecule has 330 valence electrons. The topological polar surface area (TPSA) is 55.4 Å². The third kappa shape index (κ3) is 24.2. The highest BCUT2D eigenvalue weighted by molar-refractivity contribution is 5.23. The van der Waals surface area contributed by atoms with Crippen molar-refractivity contribution in [3.8, 4) is 0 Å². The van der Waals surface area contributed by atoms with Gasteiger partial charge in [0, 0.05) is 12.8 Å². The lowest BCUT2D eigenvalue weighted by molar-refractivity contribution is -0.417. The molecule has 0 spiro atoms. The van der Waals surface area contributed by atoms with E-state index in [4.69, 9.17) is 28.4 Å². The zero-order valence-electron chi connectivity index (χ0n) is 39.2. The first-order valence-corrected chi connectivity index (χ1v) is 24.0. The number of benzene rings is 1. The molecule has 0 aliphatic carbocycles. The van der Waals surface area contributed by atoms with Crippen LogP contribution in [0.5, 0.6) is 0 Å². The molecule has 0 N–H and O–H groups in total. The standard InChI is InChI=1S/C50H94O6/c1-13-41(7)51-49(52-42(8)14-2,53-43(9)15-3)38-31-27-23-19-21-25-29-34-47-36-33-37-48(40-47)35-30-26-22-20-24-28-32-39-50(54-44(10)16-4,55-45(11)17-5)56-46(12)18-6/h33,36-37,40-46H,13-32,34-35,38-39H2,1-12H3. The van der Waals surface area contributed by atoms with E-state index in [0.717, 1.165) is 64.2 Å². The summed E-state index contributed by atoms with van der Waals surface area (Å²) in [5, 5.41) is 0. The maximum Gasteiger partial charge on any atom is 0.283 e. The molecule has 56 heavy (non-hydrogen) atoms. The molecule has 0 aliphatic heterocycles. The van der Waals surface area contributed by atoms with Gasteiger partial charge in [0.1, 0.15) is 0 Å². The van der Waals surface area contributed by atoms with E-state index < -0.39 is 11.9 Å². The first kappa shape index (κ1) is 53.0. The predicted octanol–water partition coefficient (Wildman–Crippen LogP) is 15.2. The molecule has 6 atom stereocenters. The average Bonchev–Trinajstić information content (AvgIpc) is 3.19. The second kappa shape index (κ2) is 31.8. The smallest absolute Gasteiger partial charge is 0.283 e. The number of unbranched alkanes of at least 4 members (excludes halogenated alkanes) is 12. The van der Waals surface area contributed by atoms with Crippen LogP contribution < -0.4 is 0 Å². The fourth-order valence-corrected chi connectivity index (χ4v) is 6.91. The minimum atomic E-state index is -0.932. The Labute approximate surface area is 348 Å². The third-order valence-electron chi connectivity index (χ3n) is 11.6. The van der Waals surface area contributed by atoms with Crippen molar-refractivity contribution >= 4 is 0 Å². The van der Waals surface area contributed by atoms with Crippen molar-refractivity contribution in [2.24, 2.45) is 0 Å².